The lowest BCUT2D eigenvalue weighted by atomic mass is 9.98. The molecule has 146 valence electrons. The quantitative estimate of drug-likeness (QED) is 0.564. The molecule has 0 aliphatic heterocycles. The molecule has 4 aromatic rings. The van der Waals surface area contributed by atoms with Crippen LogP contribution in [0, 0.1) is 13.8 Å². The second-order valence-corrected chi connectivity index (χ2v) is 6.95. The minimum Gasteiger partial charge on any atom is -0.494 e. The van der Waals surface area contributed by atoms with Gasteiger partial charge in [0.2, 0.25) is 0 Å². The topological polar surface area (TPSA) is 68.5 Å². The van der Waals surface area contributed by atoms with Crippen molar-refractivity contribution in [2.24, 2.45) is 0 Å². The summed E-state index contributed by atoms with van der Waals surface area (Å²) in [6.07, 6.45) is 3.61. The van der Waals surface area contributed by atoms with E-state index in [1.807, 2.05) is 37.4 Å². The maximum absolute atomic E-state index is 12.6. The van der Waals surface area contributed by atoms with Crippen molar-refractivity contribution in [3.63, 3.8) is 0 Å². The normalized spacial score (nSPS) is 10.9. The van der Waals surface area contributed by atoms with Crippen molar-refractivity contribution in [1.29, 1.82) is 0 Å². The molecule has 0 fully saturated rings. The molecule has 1 amide bonds. The summed E-state index contributed by atoms with van der Waals surface area (Å²) < 4.78 is 6.96. The average molecular weight is 386 g/mol. The highest BCUT2D eigenvalue weighted by Gasteiger charge is 2.13. The molecule has 4 rings (SSSR count). The summed E-state index contributed by atoms with van der Waals surface area (Å²) in [7, 11) is 1.60. The Labute approximate surface area is 169 Å². The first kappa shape index (κ1) is 18.7. The molecule has 0 radical (unpaired) electrons. The second kappa shape index (κ2) is 7.75. The summed E-state index contributed by atoms with van der Waals surface area (Å²) in [4.78, 5) is 16.8. The number of aromatic nitrogens is 3. The number of hydrogen-bond acceptors (Lipinski definition) is 4. The van der Waals surface area contributed by atoms with Gasteiger partial charge in [-0.3, -0.25) is 9.78 Å². The van der Waals surface area contributed by atoms with Crippen molar-refractivity contribution in [2.45, 2.75) is 20.4 Å². The van der Waals surface area contributed by atoms with Gasteiger partial charge in [0.25, 0.3) is 5.91 Å². The van der Waals surface area contributed by atoms with Gasteiger partial charge < -0.3 is 10.1 Å². The van der Waals surface area contributed by atoms with E-state index in [4.69, 9.17) is 4.74 Å². The van der Waals surface area contributed by atoms with Crippen LogP contribution in [0.4, 0.5) is 0 Å². The van der Waals surface area contributed by atoms with Crippen LogP contribution in [0.25, 0.3) is 16.6 Å². The van der Waals surface area contributed by atoms with Crippen molar-refractivity contribution < 1.29 is 9.53 Å². The van der Waals surface area contributed by atoms with Crippen LogP contribution in [0.3, 0.4) is 0 Å². The number of rotatable bonds is 5. The Morgan fingerprint density at radius 1 is 1.14 bits per heavy atom. The molecular formula is C23H22N4O2. The van der Waals surface area contributed by atoms with Gasteiger partial charge in [-0.2, -0.15) is 5.10 Å². The van der Waals surface area contributed by atoms with Crippen molar-refractivity contribution in [1.82, 2.24) is 19.9 Å². The van der Waals surface area contributed by atoms with Gasteiger partial charge in [0.1, 0.15) is 11.3 Å². The molecule has 29 heavy (non-hydrogen) atoms. The molecule has 0 bridgehead atoms. The third kappa shape index (κ3) is 3.82. The zero-order chi connectivity index (χ0) is 20.4. The van der Waals surface area contributed by atoms with E-state index in [9.17, 15) is 4.79 Å². The van der Waals surface area contributed by atoms with Crippen molar-refractivity contribution >= 4 is 11.4 Å². The Morgan fingerprint density at radius 3 is 2.76 bits per heavy atom. The maximum Gasteiger partial charge on any atom is 0.272 e. The highest BCUT2D eigenvalue weighted by Crippen LogP contribution is 2.24. The van der Waals surface area contributed by atoms with Crippen LogP contribution in [-0.4, -0.2) is 27.6 Å². The summed E-state index contributed by atoms with van der Waals surface area (Å²) >= 11 is 0. The number of aryl methyl sites for hydroxylation is 2. The third-order valence-electron chi connectivity index (χ3n) is 4.87. The van der Waals surface area contributed by atoms with Crippen LogP contribution in [0.15, 0.2) is 60.9 Å². The van der Waals surface area contributed by atoms with E-state index in [-0.39, 0.29) is 5.91 Å². The van der Waals surface area contributed by atoms with Gasteiger partial charge in [-0.1, -0.05) is 18.2 Å². The monoisotopic (exact) mass is 386 g/mol. The number of benzene rings is 1. The first-order valence-corrected chi connectivity index (χ1v) is 9.38. The third-order valence-corrected chi connectivity index (χ3v) is 4.87. The highest BCUT2D eigenvalue weighted by molar-refractivity contribution is 5.94. The number of pyridine rings is 2. The minimum atomic E-state index is -0.220. The predicted molar refractivity (Wildman–Crippen MR) is 112 cm³/mol. The fourth-order valence-electron chi connectivity index (χ4n) is 3.42. The van der Waals surface area contributed by atoms with E-state index in [1.165, 1.54) is 0 Å². The van der Waals surface area contributed by atoms with Gasteiger partial charge >= 0.3 is 0 Å². The molecule has 0 aliphatic carbocycles. The Bertz CT molecular complexity index is 1200. The van der Waals surface area contributed by atoms with E-state index in [2.05, 4.69) is 40.5 Å². The summed E-state index contributed by atoms with van der Waals surface area (Å²) in [5.41, 5.74) is 6.60. The number of fused-ring (bicyclic) bond motifs is 1. The fourth-order valence-corrected chi connectivity index (χ4v) is 3.42. The van der Waals surface area contributed by atoms with Crippen LogP contribution in [0.1, 0.15) is 27.3 Å². The molecule has 1 N–H and O–H groups in total. The molecule has 1 aromatic carbocycles. The summed E-state index contributed by atoms with van der Waals surface area (Å²) in [6, 6.07) is 15.7. The van der Waals surface area contributed by atoms with Gasteiger partial charge in [-0.25, -0.2) is 4.52 Å². The van der Waals surface area contributed by atoms with Crippen molar-refractivity contribution in [3.05, 3.63) is 83.4 Å². The van der Waals surface area contributed by atoms with Crippen LogP contribution < -0.4 is 10.1 Å². The molecular weight excluding hydrogens is 364 g/mol. The standard InChI is InChI=1S/C23H22N4O2/c1-15-11-17(6-7-19(15)18-8-9-24-16(2)12-18)14-25-23(28)20-13-21-22(29-3)5-4-10-27(21)26-20/h4-13H,14H2,1-3H3,(H,25,28). The molecule has 0 saturated heterocycles. The first-order valence-electron chi connectivity index (χ1n) is 9.38. The predicted octanol–water partition coefficient (Wildman–Crippen LogP) is 3.95. The number of carbonyl (C=O) groups excluding carboxylic acids is 1. The summed E-state index contributed by atoms with van der Waals surface area (Å²) in [6.45, 7) is 4.49. The average Bonchev–Trinajstić information content (AvgIpc) is 3.16. The zero-order valence-electron chi connectivity index (χ0n) is 16.6. The van der Waals surface area contributed by atoms with Crippen molar-refractivity contribution in [2.75, 3.05) is 7.11 Å². The Morgan fingerprint density at radius 2 is 2.00 bits per heavy atom. The molecule has 3 aromatic heterocycles. The number of carbonyl (C=O) groups is 1. The number of hydrogen-bond donors (Lipinski definition) is 1. The molecule has 0 aliphatic rings. The van der Waals surface area contributed by atoms with Crippen LogP contribution in [0.2, 0.25) is 0 Å². The number of ether oxygens (including phenoxy) is 1. The number of nitrogens with zero attached hydrogens (tertiary/aromatic N) is 3. The fraction of sp³-hybridized carbons (Fsp3) is 0.174. The van der Waals surface area contributed by atoms with E-state index < -0.39 is 0 Å². The van der Waals surface area contributed by atoms with Gasteiger partial charge in [0.05, 0.1) is 7.11 Å². The minimum absolute atomic E-state index is 0.220. The molecule has 6 nitrogen and oxygen atoms in total. The molecule has 0 spiro atoms. The maximum atomic E-state index is 12.6. The Hall–Kier alpha value is -3.67. The van der Waals surface area contributed by atoms with E-state index in [0.717, 1.165) is 33.5 Å². The van der Waals surface area contributed by atoms with E-state index in [1.54, 1.807) is 23.9 Å². The second-order valence-electron chi connectivity index (χ2n) is 6.95. The van der Waals surface area contributed by atoms with Crippen LogP contribution in [-0.2, 0) is 6.54 Å². The molecule has 3 heterocycles. The highest BCUT2D eigenvalue weighted by atomic mass is 16.5. The number of methoxy groups -OCH3 is 1. The smallest absolute Gasteiger partial charge is 0.272 e. The molecule has 0 atom stereocenters. The largest absolute Gasteiger partial charge is 0.494 e. The summed E-state index contributed by atoms with van der Waals surface area (Å²) in [5, 5.41) is 7.28. The van der Waals surface area contributed by atoms with Crippen LogP contribution in [0.5, 0.6) is 5.75 Å². The van der Waals surface area contributed by atoms with Gasteiger partial charge in [0.15, 0.2) is 5.69 Å². The summed E-state index contributed by atoms with van der Waals surface area (Å²) in [5.74, 6) is 0.457. The van der Waals surface area contributed by atoms with Gasteiger partial charge in [-0.05, 0) is 60.4 Å². The van der Waals surface area contributed by atoms with Crippen LogP contribution >= 0.6 is 0 Å². The number of nitrogens with one attached hydrogen (secondary N) is 1. The number of amides is 1. The van der Waals surface area contributed by atoms with E-state index in [0.29, 0.717) is 18.0 Å². The Balaban J connectivity index is 1.49. The first-order chi connectivity index (χ1) is 14.0. The SMILES string of the molecule is COc1cccn2nc(C(=O)NCc3ccc(-c4ccnc(C)c4)c(C)c3)cc12. The van der Waals surface area contributed by atoms with Gasteiger partial charge in [-0.15, -0.1) is 0 Å². The molecule has 6 heteroatoms. The Kier molecular flexibility index (Phi) is 4.99. The lowest BCUT2D eigenvalue weighted by Gasteiger charge is -2.10. The molecule has 0 saturated carbocycles. The lowest BCUT2D eigenvalue weighted by molar-refractivity contribution is 0.0945. The van der Waals surface area contributed by atoms with Gasteiger partial charge in [0, 0.05) is 30.7 Å². The van der Waals surface area contributed by atoms with Crippen molar-refractivity contribution in [3.8, 4) is 16.9 Å². The zero-order valence-corrected chi connectivity index (χ0v) is 16.6. The molecule has 0 unspecified atom stereocenters. The van der Waals surface area contributed by atoms with E-state index >= 15 is 0 Å². The lowest BCUT2D eigenvalue weighted by Crippen LogP contribution is -2.23.